The Kier molecular flexibility index (Phi) is 12.7. The molecule has 2 nitrogen and oxygen atoms in total. The van der Waals surface area contributed by atoms with Crippen molar-refractivity contribution in [3.8, 4) is 0 Å². The monoisotopic (exact) mass is 302 g/mol. The molecule has 0 bridgehead atoms. The van der Waals surface area contributed by atoms with E-state index >= 15 is 0 Å². The predicted molar refractivity (Wildman–Crippen MR) is 97.3 cm³/mol. The molecule has 0 radical (unpaired) electrons. The number of hydrogen-bond acceptors (Lipinski definition) is 3. The average Bonchev–Trinajstić information content (AvgIpc) is 2.46. The van der Waals surface area contributed by atoms with Gasteiger partial charge < -0.3 is 4.90 Å². The van der Waals surface area contributed by atoms with Gasteiger partial charge in [-0.25, -0.2) is 0 Å². The second-order valence-electron chi connectivity index (χ2n) is 4.94. The summed E-state index contributed by atoms with van der Waals surface area (Å²) in [5.74, 6) is 0. The van der Waals surface area contributed by atoms with Gasteiger partial charge in [0.2, 0.25) is 0 Å². The summed E-state index contributed by atoms with van der Waals surface area (Å²) < 4.78 is 2.09. The van der Waals surface area contributed by atoms with E-state index in [2.05, 4.69) is 42.4 Å². The first-order chi connectivity index (χ1) is 9.55. The van der Waals surface area contributed by atoms with E-state index in [0.717, 1.165) is 13.1 Å². The SMILES string of the molecule is C=C1N(C(C)C)CCCC12CN(S)C2.CC.CC.CC. The predicted octanol–water partition coefficient (Wildman–Crippen LogP) is 5.23. The van der Waals surface area contributed by atoms with Crippen molar-refractivity contribution in [2.24, 2.45) is 5.41 Å². The summed E-state index contributed by atoms with van der Waals surface area (Å²) in [6.07, 6.45) is 2.60. The van der Waals surface area contributed by atoms with Gasteiger partial charge in [-0.3, -0.25) is 4.31 Å². The van der Waals surface area contributed by atoms with Crippen molar-refractivity contribution in [1.29, 1.82) is 0 Å². The molecule has 0 unspecified atom stereocenters. The van der Waals surface area contributed by atoms with Crippen LogP contribution in [0.1, 0.15) is 68.2 Å². The Labute approximate surface area is 134 Å². The quantitative estimate of drug-likeness (QED) is 0.663. The van der Waals surface area contributed by atoms with Crippen molar-refractivity contribution in [2.75, 3.05) is 19.6 Å². The van der Waals surface area contributed by atoms with Gasteiger partial charge in [-0.15, -0.1) is 0 Å². The first-order valence-corrected chi connectivity index (χ1v) is 8.85. The van der Waals surface area contributed by atoms with Crippen LogP contribution in [0.25, 0.3) is 0 Å². The zero-order valence-corrected chi connectivity index (χ0v) is 16.1. The third kappa shape index (κ3) is 5.33. The van der Waals surface area contributed by atoms with Crippen molar-refractivity contribution in [2.45, 2.75) is 74.3 Å². The molecule has 0 amide bonds. The summed E-state index contributed by atoms with van der Waals surface area (Å²) in [6, 6.07) is 0.591. The van der Waals surface area contributed by atoms with Gasteiger partial charge in [0, 0.05) is 36.8 Å². The highest BCUT2D eigenvalue weighted by molar-refractivity contribution is 7.77. The van der Waals surface area contributed by atoms with Crippen LogP contribution in [-0.2, 0) is 0 Å². The zero-order chi connectivity index (χ0) is 16.3. The van der Waals surface area contributed by atoms with Crippen LogP contribution >= 0.6 is 12.8 Å². The van der Waals surface area contributed by atoms with E-state index in [1.165, 1.54) is 25.1 Å². The maximum atomic E-state index is 4.36. The second-order valence-corrected chi connectivity index (χ2v) is 5.51. The number of thiol groups is 1. The number of piperidine rings is 1. The molecule has 0 aliphatic carbocycles. The van der Waals surface area contributed by atoms with Crippen LogP contribution < -0.4 is 0 Å². The molecule has 0 saturated carbocycles. The number of hydrogen-bond donors (Lipinski definition) is 1. The van der Waals surface area contributed by atoms with Crippen LogP contribution in [0.2, 0.25) is 0 Å². The molecule has 0 aromatic rings. The topological polar surface area (TPSA) is 6.48 Å². The normalized spacial score (nSPS) is 19.9. The van der Waals surface area contributed by atoms with Crippen LogP contribution in [0.15, 0.2) is 12.3 Å². The summed E-state index contributed by atoms with van der Waals surface area (Å²) in [4.78, 5) is 2.46. The molecular weight excluding hydrogens is 264 g/mol. The molecule has 2 aliphatic heterocycles. The molecule has 0 atom stereocenters. The first-order valence-electron chi connectivity index (χ1n) is 8.45. The average molecular weight is 303 g/mol. The molecule has 0 N–H and O–H groups in total. The smallest absolute Gasteiger partial charge is 0.0370 e. The van der Waals surface area contributed by atoms with Crippen molar-refractivity contribution < 1.29 is 0 Å². The third-order valence-electron chi connectivity index (χ3n) is 3.61. The van der Waals surface area contributed by atoms with Crippen LogP contribution in [-0.4, -0.2) is 34.9 Å². The zero-order valence-electron chi connectivity index (χ0n) is 15.2. The molecular formula is C17H38N2S. The minimum atomic E-state index is 0.365. The van der Waals surface area contributed by atoms with Crippen molar-refractivity contribution in [1.82, 2.24) is 9.21 Å². The van der Waals surface area contributed by atoms with Gasteiger partial charge in [0.15, 0.2) is 0 Å². The van der Waals surface area contributed by atoms with Gasteiger partial charge in [0.1, 0.15) is 0 Å². The van der Waals surface area contributed by atoms with Crippen LogP contribution in [0.4, 0.5) is 0 Å². The highest BCUT2D eigenvalue weighted by Gasteiger charge is 2.47. The van der Waals surface area contributed by atoms with E-state index in [0.29, 0.717) is 11.5 Å². The largest absolute Gasteiger partial charge is 0.372 e. The maximum absolute atomic E-state index is 4.36. The van der Waals surface area contributed by atoms with Gasteiger partial charge in [-0.2, -0.15) is 0 Å². The summed E-state index contributed by atoms with van der Waals surface area (Å²) in [6.45, 7) is 24.1. The summed E-state index contributed by atoms with van der Waals surface area (Å²) in [5, 5.41) is 0. The first kappa shape index (κ1) is 22.1. The lowest BCUT2D eigenvalue weighted by Gasteiger charge is -2.55. The molecule has 2 fully saturated rings. The molecule has 20 heavy (non-hydrogen) atoms. The Morgan fingerprint density at radius 2 is 1.50 bits per heavy atom. The van der Waals surface area contributed by atoms with Crippen LogP contribution in [0, 0.1) is 5.41 Å². The highest BCUT2D eigenvalue weighted by Crippen LogP contribution is 2.46. The molecule has 2 rings (SSSR count). The lowest BCUT2D eigenvalue weighted by atomic mass is 9.72. The van der Waals surface area contributed by atoms with E-state index < -0.39 is 0 Å². The number of rotatable bonds is 1. The van der Waals surface area contributed by atoms with Crippen molar-refractivity contribution in [3.05, 3.63) is 12.3 Å². The fourth-order valence-corrected chi connectivity index (χ4v) is 3.28. The van der Waals surface area contributed by atoms with Crippen molar-refractivity contribution >= 4 is 12.8 Å². The lowest BCUT2D eigenvalue weighted by molar-refractivity contribution is 0.0354. The van der Waals surface area contributed by atoms with E-state index in [1.54, 1.807) is 0 Å². The second kappa shape index (κ2) is 11.5. The van der Waals surface area contributed by atoms with Gasteiger partial charge >= 0.3 is 0 Å². The number of likely N-dealkylation sites (tertiary alicyclic amines) is 1. The molecule has 3 heteroatoms. The fraction of sp³-hybridized carbons (Fsp3) is 0.882. The molecule has 2 saturated heterocycles. The van der Waals surface area contributed by atoms with Gasteiger partial charge in [0.05, 0.1) is 0 Å². The minimum absolute atomic E-state index is 0.365. The summed E-state index contributed by atoms with van der Waals surface area (Å²) >= 11 is 4.36. The Morgan fingerprint density at radius 3 is 1.85 bits per heavy atom. The molecule has 0 aromatic heterocycles. The maximum Gasteiger partial charge on any atom is 0.0370 e. The highest BCUT2D eigenvalue weighted by atomic mass is 32.1. The Morgan fingerprint density at radius 1 is 1.05 bits per heavy atom. The van der Waals surface area contributed by atoms with E-state index in [9.17, 15) is 0 Å². The molecule has 0 aromatic carbocycles. The minimum Gasteiger partial charge on any atom is -0.372 e. The van der Waals surface area contributed by atoms with E-state index in [1.807, 2.05) is 41.5 Å². The van der Waals surface area contributed by atoms with Gasteiger partial charge in [-0.05, 0) is 26.7 Å². The van der Waals surface area contributed by atoms with Gasteiger partial charge in [0.25, 0.3) is 0 Å². The summed E-state index contributed by atoms with van der Waals surface area (Å²) in [7, 11) is 0. The molecule has 122 valence electrons. The van der Waals surface area contributed by atoms with Crippen molar-refractivity contribution in [3.63, 3.8) is 0 Å². The van der Waals surface area contributed by atoms with Crippen LogP contribution in [0.5, 0.6) is 0 Å². The Hall–Kier alpha value is -0.150. The molecule has 2 aliphatic rings. The fourth-order valence-electron chi connectivity index (χ4n) is 2.73. The third-order valence-corrected chi connectivity index (χ3v) is 3.89. The number of nitrogens with zero attached hydrogens (tertiary/aromatic N) is 2. The molecule has 2 heterocycles. The summed E-state index contributed by atoms with van der Waals surface area (Å²) in [5.41, 5.74) is 1.72. The lowest BCUT2D eigenvalue weighted by Crippen LogP contribution is -2.58. The van der Waals surface area contributed by atoms with E-state index in [-0.39, 0.29) is 0 Å². The Bertz CT molecular complexity index is 240. The van der Waals surface area contributed by atoms with E-state index in [4.69, 9.17) is 0 Å². The molecule has 1 spiro atoms. The Balaban J connectivity index is 0. The van der Waals surface area contributed by atoms with Gasteiger partial charge in [-0.1, -0.05) is 60.9 Å². The van der Waals surface area contributed by atoms with Crippen LogP contribution in [0.3, 0.4) is 0 Å². The standard InChI is InChI=1S/C11H20N2S.3C2H6/c1-9(2)13-6-4-5-11(10(13)3)7-12(14)8-11;3*1-2/h9,14H,3-8H2,1-2H3;3*1-2H3.